The van der Waals surface area contributed by atoms with Crippen LogP contribution >= 0.6 is 0 Å². The van der Waals surface area contributed by atoms with Crippen molar-refractivity contribution in [3.63, 3.8) is 0 Å². The lowest BCUT2D eigenvalue weighted by Crippen LogP contribution is -2.51. The number of hydrogen-bond acceptors (Lipinski definition) is 3. The molecule has 1 aliphatic rings. The molecule has 1 fully saturated rings. The Bertz CT molecular complexity index is 279. The van der Waals surface area contributed by atoms with Gasteiger partial charge in [0, 0.05) is 31.8 Å². The van der Waals surface area contributed by atoms with E-state index in [-0.39, 0.29) is 5.54 Å². The maximum absolute atomic E-state index is 5.85. The molecule has 0 bridgehead atoms. The number of rotatable bonds is 8. The summed E-state index contributed by atoms with van der Waals surface area (Å²) in [5.74, 6) is 0. The lowest BCUT2D eigenvalue weighted by Gasteiger charge is -2.42. The molecule has 1 atom stereocenters. The van der Waals surface area contributed by atoms with Gasteiger partial charge in [0.1, 0.15) is 0 Å². The maximum Gasteiger partial charge on any atom is 0.0702 e. The van der Waals surface area contributed by atoms with Gasteiger partial charge in [-0.05, 0) is 65.3 Å². The molecule has 0 amide bonds. The smallest absolute Gasteiger partial charge is 0.0702 e. The Morgan fingerprint density at radius 1 is 1.14 bits per heavy atom. The predicted octanol–water partition coefficient (Wildman–Crippen LogP) is 3.68. The molecule has 0 spiro atoms. The first-order chi connectivity index (χ1) is 9.84. The van der Waals surface area contributed by atoms with Crippen LogP contribution in [-0.2, 0) is 4.74 Å². The second kappa shape index (κ2) is 8.50. The SMILES string of the molecule is CCOC1CCCN(CC(CC)(CC)CNC(C)(C)C)C1. The van der Waals surface area contributed by atoms with Gasteiger partial charge in [-0.3, -0.25) is 0 Å². The van der Waals surface area contributed by atoms with E-state index in [1.54, 1.807) is 0 Å². The Balaban J connectivity index is 2.59. The molecule has 0 radical (unpaired) electrons. The summed E-state index contributed by atoms with van der Waals surface area (Å²) in [6, 6.07) is 0. The Labute approximate surface area is 132 Å². The number of piperidine rings is 1. The van der Waals surface area contributed by atoms with Gasteiger partial charge in [0.25, 0.3) is 0 Å². The van der Waals surface area contributed by atoms with Crippen LogP contribution in [0.2, 0.25) is 0 Å². The average Bonchev–Trinajstić information content (AvgIpc) is 2.43. The Hall–Kier alpha value is -0.120. The molecule has 0 aromatic carbocycles. The highest BCUT2D eigenvalue weighted by Crippen LogP contribution is 2.29. The Morgan fingerprint density at radius 3 is 2.33 bits per heavy atom. The third-order valence-electron chi connectivity index (χ3n) is 4.92. The first kappa shape index (κ1) is 18.9. The van der Waals surface area contributed by atoms with E-state index < -0.39 is 0 Å². The molecule has 0 aromatic rings. The Kier molecular flexibility index (Phi) is 7.66. The third kappa shape index (κ3) is 6.66. The standard InChI is InChI=1S/C18H38N2O/c1-7-18(8-2,14-19-17(4,5)6)15-20-12-10-11-16(13-20)21-9-3/h16,19H,7-15H2,1-6H3. The largest absolute Gasteiger partial charge is 0.377 e. The molecule has 1 N–H and O–H groups in total. The lowest BCUT2D eigenvalue weighted by atomic mass is 9.80. The molecular formula is C18H38N2O. The first-order valence-electron chi connectivity index (χ1n) is 8.93. The van der Waals surface area contributed by atoms with Crippen LogP contribution in [0.25, 0.3) is 0 Å². The molecule has 1 heterocycles. The van der Waals surface area contributed by atoms with Gasteiger partial charge >= 0.3 is 0 Å². The van der Waals surface area contributed by atoms with Crippen molar-refractivity contribution in [1.29, 1.82) is 0 Å². The zero-order chi connectivity index (χ0) is 15.9. The molecule has 0 aromatic heterocycles. The topological polar surface area (TPSA) is 24.5 Å². The van der Waals surface area contributed by atoms with Crippen LogP contribution in [0.5, 0.6) is 0 Å². The van der Waals surface area contributed by atoms with E-state index in [4.69, 9.17) is 4.74 Å². The summed E-state index contributed by atoms with van der Waals surface area (Å²) >= 11 is 0. The van der Waals surface area contributed by atoms with E-state index in [1.807, 2.05) is 0 Å². The Morgan fingerprint density at radius 2 is 1.81 bits per heavy atom. The maximum atomic E-state index is 5.85. The van der Waals surface area contributed by atoms with Crippen molar-refractivity contribution in [1.82, 2.24) is 10.2 Å². The normalized spacial score (nSPS) is 21.7. The van der Waals surface area contributed by atoms with Crippen molar-refractivity contribution >= 4 is 0 Å². The summed E-state index contributed by atoms with van der Waals surface area (Å²) in [6.07, 6.45) is 5.44. The van der Waals surface area contributed by atoms with Crippen molar-refractivity contribution in [3.8, 4) is 0 Å². The predicted molar refractivity (Wildman–Crippen MR) is 91.9 cm³/mol. The highest BCUT2D eigenvalue weighted by Gasteiger charge is 2.32. The minimum absolute atomic E-state index is 0.200. The minimum atomic E-state index is 0.200. The summed E-state index contributed by atoms with van der Waals surface area (Å²) in [6.45, 7) is 19.1. The summed E-state index contributed by atoms with van der Waals surface area (Å²) in [5.41, 5.74) is 0.590. The molecule has 0 aliphatic carbocycles. The highest BCUT2D eigenvalue weighted by atomic mass is 16.5. The van der Waals surface area contributed by atoms with Crippen molar-refractivity contribution in [2.24, 2.45) is 5.41 Å². The van der Waals surface area contributed by atoms with Gasteiger partial charge in [-0.25, -0.2) is 0 Å². The summed E-state index contributed by atoms with van der Waals surface area (Å²) < 4.78 is 5.85. The van der Waals surface area contributed by atoms with E-state index in [9.17, 15) is 0 Å². The zero-order valence-corrected chi connectivity index (χ0v) is 15.3. The second-order valence-electron chi connectivity index (χ2n) is 7.77. The van der Waals surface area contributed by atoms with Gasteiger partial charge in [0.05, 0.1) is 6.10 Å². The fraction of sp³-hybridized carbons (Fsp3) is 1.00. The highest BCUT2D eigenvalue weighted by molar-refractivity contribution is 4.87. The quantitative estimate of drug-likeness (QED) is 0.740. The number of nitrogens with one attached hydrogen (secondary N) is 1. The summed E-state index contributed by atoms with van der Waals surface area (Å²) in [4.78, 5) is 2.64. The molecular weight excluding hydrogens is 260 g/mol. The van der Waals surface area contributed by atoms with Crippen molar-refractivity contribution in [2.45, 2.75) is 78.9 Å². The fourth-order valence-electron chi connectivity index (χ4n) is 3.23. The summed E-state index contributed by atoms with van der Waals surface area (Å²) in [5, 5.41) is 3.73. The lowest BCUT2D eigenvalue weighted by molar-refractivity contribution is -0.00867. The van der Waals surface area contributed by atoms with Gasteiger partial charge in [0.2, 0.25) is 0 Å². The van der Waals surface area contributed by atoms with Gasteiger partial charge in [-0.2, -0.15) is 0 Å². The van der Waals surface area contributed by atoms with Crippen LogP contribution in [0.15, 0.2) is 0 Å². The second-order valence-corrected chi connectivity index (χ2v) is 7.77. The fourth-order valence-corrected chi connectivity index (χ4v) is 3.23. The molecule has 1 rings (SSSR count). The molecule has 1 saturated heterocycles. The zero-order valence-electron chi connectivity index (χ0n) is 15.3. The van der Waals surface area contributed by atoms with Gasteiger partial charge < -0.3 is 15.0 Å². The molecule has 0 saturated carbocycles. The van der Waals surface area contributed by atoms with Crippen molar-refractivity contribution in [3.05, 3.63) is 0 Å². The van der Waals surface area contributed by atoms with Crippen LogP contribution in [0.1, 0.15) is 67.2 Å². The number of likely N-dealkylation sites (tertiary alicyclic amines) is 1. The molecule has 1 unspecified atom stereocenters. The average molecular weight is 299 g/mol. The van der Waals surface area contributed by atoms with Gasteiger partial charge in [-0.1, -0.05) is 13.8 Å². The van der Waals surface area contributed by atoms with Crippen LogP contribution < -0.4 is 5.32 Å². The molecule has 3 heteroatoms. The number of ether oxygens (including phenoxy) is 1. The van der Waals surface area contributed by atoms with Crippen molar-refractivity contribution < 1.29 is 4.74 Å². The van der Waals surface area contributed by atoms with E-state index in [0.717, 1.165) is 19.7 Å². The molecule has 21 heavy (non-hydrogen) atoms. The summed E-state index contributed by atoms with van der Waals surface area (Å²) in [7, 11) is 0. The van der Waals surface area contributed by atoms with Gasteiger partial charge in [-0.15, -0.1) is 0 Å². The van der Waals surface area contributed by atoms with Crippen LogP contribution in [0.3, 0.4) is 0 Å². The molecule has 3 nitrogen and oxygen atoms in total. The molecule has 126 valence electrons. The number of hydrogen-bond donors (Lipinski definition) is 1. The molecule has 1 aliphatic heterocycles. The third-order valence-corrected chi connectivity index (χ3v) is 4.92. The van der Waals surface area contributed by atoms with Crippen molar-refractivity contribution in [2.75, 3.05) is 32.8 Å². The number of nitrogens with zero attached hydrogens (tertiary/aromatic N) is 1. The van der Waals surface area contributed by atoms with E-state index >= 15 is 0 Å². The monoisotopic (exact) mass is 298 g/mol. The van der Waals surface area contributed by atoms with E-state index in [2.05, 4.69) is 51.8 Å². The van der Waals surface area contributed by atoms with E-state index in [1.165, 1.54) is 38.8 Å². The first-order valence-corrected chi connectivity index (χ1v) is 8.93. The van der Waals surface area contributed by atoms with E-state index in [0.29, 0.717) is 11.5 Å². The van der Waals surface area contributed by atoms with Gasteiger partial charge in [0.15, 0.2) is 0 Å². The van der Waals surface area contributed by atoms with Crippen LogP contribution in [-0.4, -0.2) is 49.3 Å². The minimum Gasteiger partial charge on any atom is -0.377 e. The van der Waals surface area contributed by atoms with Crippen LogP contribution in [0.4, 0.5) is 0 Å². The van der Waals surface area contributed by atoms with Crippen LogP contribution in [0, 0.1) is 5.41 Å².